The number of hydrogen-bond donors (Lipinski definition) is 1. The molecule has 1 fully saturated rings. The van der Waals surface area contributed by atoms with Crippen molar-refractivity contribution in [2.24, 2.45) is 0 Å². The van der Waals surface area contributed by atoms with E-state index in [2.05, 4.69) is 11.4 Å². The van der Waals surface area contributed by atoms with Crippen LogP contribution in [0.3, 0.4) is 0 Å². The predicted molar refractivity (Wildman–Crippen MR) is 107 cm³/mol. The van der Waals surface area contributed by atoms with Gasteiger partial charge in [-0.1, -0.05) is 23.8 Å². The molecule has 142 valence electrons. The van der Waals surface area contributed by atoms with Crippen LogP contribution in [0, 0.1) is 0 Å². The number of benzene rings is 1. The van der Waals surface area contributed by atoms with Crippen molar-refractivity contribution >= 4 is 17.5 Å². The third-order valence-corrected chi connectivity index (χ3v) is 4.91. The highest BCUT2D eigenvalue weighted by molar-refractivity contribution is 6.30. The van der Waals surface area contributed by atoms with Gasteiger partial charge in [-0.05, 0) is 57.4 Å². The van der Waals surface area contributed by atoms with Crippen LogP contribution in [0.1, 0.15) is 40.0 Å². The molecular formula is C21H29ClN2O2. The normalized spacial score (nSPS) is 19.2. The Kier molecular flexibility index (Phi) is 8.20. The van der Waals surface area contributed by atoms with Gasteiger partial charge in [-0.2, -0.15) is 0 Å². The highest BCUT2D eigenvalue weighted by Crippen LogP contribution is 2.20. The maximum Gasteiger partial charge on any atom is 0.219 e. The van der Waals surface area contributed by atoms with Crippen molar-refractivity contribution < 1.29 is 9.53 Å². The van der Waals surface area contributed by atoms with E-state index >= 15 is 0 Å². The summed E-state index contributed by atoms with van der Waals surface area (Å²) in [6, 6.07) is 7.80. The second-order valence-electron chi connectivity index (χ2n) is 6.65. The monoisotopic (exact) mass is 376 g/mol. The van der Waals surface area contributed by atoms with E-state index in [0.717, 1.165) is 56.0 Å². The molecule has 1 aromatic carbocycles. The van der Waals surface area contributed by atoms with Gasteiger partial charge in [0.25, 0.3) is 0 Å². The lowest BCUT2D eigenvalue weighted by Crippen LogP contribution is -2.33. The molecule has 1 N–H and O–H groups in total. The second-order valence-corrected chi connectivity index (χ2v) is 7.09. The van der Waals surface area contributed by atoms with E-state index in [4.69, 9.17) is 16.3 Å². The molecule has 0 saturated carbocycles. The summed E-state index contributed by atoms with van der Waals surface area (Å²) < 4.78 is 5.97. The van der Waals surface area contributed by atoms with Crippen molar-refractivity contribution in [1.82, 2.24) is 10.2 Å². The van der Waals surface area contributed by atoms with Gasteiger partial charge in [0.2, 0.25) is 5.91 Å². The molecule has 4 nitrogen and oxygen atoms in total. The van der Waals surface area contributed by atoms with Gasteiger partial charge in [0.05, 0.1) is 0 Å². The third-order valence-electron chi connectivity index (χ3n) is 4.66. The standard InChI is InChI=1S/C21H29ClN2O2/c1-4-6-18(16(2)26-21-10-8-19(22)9-11-21)15-23-20-7-5-13-24(14-12-20)17(3)25/h4,6,8-11,20,23H,5,7,12-15H2,1-3H3/b6-4-,18-16-. The summed E-state index contributed by atoms with van der Waals surface area (Å²) in [5.74, 6) is 1.82. The fraction of sp³-hybridized carbons (Fsp3) is 0.476. The largest absolute Gasteiger partial charge is 0.462 e. The van der Waals surface area contributed by atoms with E-state index < -0.39 is 0 Å². The van der Waals surface area contributed by atoms with Crippen LogP contribution < -0.4 is 10.1 Å². The second kappa shape index (κ2) is 10.4. The first-order valence-corrected chi connectivity index (χ1v) is 9.62. The van der Waals surface area contributed by atoms with Gasteiger partial charge >= 0.3 is 0 Å². The Labute approximate surface area is 161 Å². The number of amides is 1. The molecule has 1 atom stereocenters. The Morgan fingerprint density at radius 3 is 2.65 bits per heavy atom. The summed E-state index contributed by atoms with van der Waals surface area (Å²) in [5.41, 5.74) is 1.12. The number of nitrogens with zero attached hydrogens (tertiary/aromatic N) is 1. The van der Waals surface area contributed by atoms with Gasteiger partial charge in [0, 0.05) is 43.2 Å². The SMILES string of the molecule is C/C=C\C(CNC1CCCN(C(C)=O)CC1)=C(/C)Oc1ccc(Cl)cc1. The van der Waals surface area contributed by atoms with Crippen LogP contribution in [0.15, 0.2) is 47.7 Å². The molecular weight excluding hydrogens is 348 g/mol. The van der Waals surface area contributed by atoms with Crippen molar-refractivity contribution in [3.63, 3.8) is 0 Å². The Hall–Kier alpha value is -1.78. The van der Waals surface area contributed by atoms with Crippen molar-refractivity contribution in [3.05, 3.63) is 52.8 Å². The minimum atomic E-state index is 0.173. The number of nitrogens with one attached hydrogen (secondary N) is 1. The van der Waals surface area contributed by atoms with Crippen molar-refractivity contribution in [2.45, 2.75) is 46.1 Å². The maximum atomic E-state index is 11.6. The summed E-state index contributed by atoms with van der Waals surface area (Å²) in [5, 5.41) is 4.33. The summed E-state index contributed by atoms with van der Waals surface area (Å²) in [6.07, 6.45) is 7.22. The Morgan fingerprint density at radius 1 is 1.27 bits per heavy atom. The molecule has 1 saturated heterocycles. The van der Waals surface area contributed by atoms with Gasteiger partial charge in [-0.3, -0.25) is 4.79 Å². The number of hydrogen-bond acceptors (Lipinski definition) is 3. The molecule has 1 aliphatic rings. The van der Waals surface area contributed by atoms with E-state index in [9.17, 15) is 4.79 Å². The predicted octanol–water partition coefficient (Wildman–Crippen LogP) is 4.56. The van der Waals surface area contributed by atoms with E-state index in [1.165, 1.54) is 0 Å². The molecule has 1 unspecified atom stereocenters. The maximum absolute atomic E-state index is 11.6. The molecule has 1 aliphatic heterocycles. The number of rotatable bonds is 6. The Balaban J connectivity index is 1.96. The lowest BCUT2D eigenvalue weighted by atomic mass is 10.1. The molecule has 0 aliphatic carbocycles. The van der Waals surface area contributed by atoms with Crippen molar-refractivity contribution in [3.8, 4) is 5.75 Å². The van der Waals surface area contributed by atoms with Crippen molar-refractivity contribution in [1.29, 1.82) is 0 Å². The topological polar surface area (TPSA) is 41.6 Å². The van der Waals surface area contributed by atoms with Crippen LogP contribution >= 0.6 is 11.6 Å². The number of likely N-dealkylation sites (tertiary alicyclic amines) is 1. The van der Waals surface area contributed by atoms with E-state index in [1.54, 1.807) is 6.92 Å². The molecule has 2 rings (SSSR count). The number of carbonyl (C=O) groups excluding carboxylic acids is 1. The Bertz CT molecular complexity index is 652. The quantitative estimate of drug-likeness (QED) is 0.584. The fourth-order valence-corrected chi connectivity index (χ4v) is 3.24. The zero-order valence-corrected chi connectivity index (χ0v) is 16.7. The lowest BCUT2D eigenvalue weighted by Gasteiger charge is -2.20. The Morgan fingerprint density at radius 2 is 2.00 bits per heavy atom. The molecule has 0 spiro atoms. The van der Waals surface area contributed by atoms with E-state index in [-0.39, 0.29) is 5.91 Å². The van der Waals surface area contributed by atoms with Crippen LogP contribution in [0.2, 0.25) is 5.02 Å². The summed E-state index contributed by atoms with van der Waals surface area (Å²) in [7, 11) is 0. The number of ether oxygens (including phenoxy) is 1. The molecule has 0 bridgehead atoms. The van der Waals surface area contributed by atoms with Gasteiger partial charge in [0.15, 0.2) is 0 Å². The molecule has 5 heteroatoms. The zero-order chi connectivity index (χ0) is 18.9. The van der Waals surface area contributed by atoms with Crippen LogP contribution in [-0.4, -0.2) is 36.5 Å². The van der Waals surface area contributed by atoms with Crippen LogP contribution in [0.5, 0.6) is 5.75 Å². The van der Waals surface area contributed by atoms with Gasteiger partial charge < -0.3 is 15.0 Å². The fourth-order valence-electron chi connectivity index (χ4n) is 3.12. The average Bonchev–Trinajstić information content (AvgIpc) is 2.86. The molecule has 1 aromatic rings. The van der Waals surface area contributed by atoms with E-state index in [0.29, 0.717) is 11.1 Å². The van der Waals surface area contributed by atoms with Crippen molar-refractivity contribution in [2.75, 3.05) is 19.6 Å². The van der Waals surface area contributed by atoms with Crippen LogP contribution in [0.4, 0.5) is 0 Å². The lowest BCUT2D eigenvalue weighted by molar-refractivity contribution is -0.128. The van der Waals surface area contributed by atoms with Gasteiger partial charge in [0.1, 0.15) is 11.5 Å². The minimum Gasteiger partial charge on any atom is -0.462 e. The molecule has 26 heavy (non-hydrogen) atoms. The van der Waals surface area contributed by atoms with Crippen LogP contribution in [0.25, 0.3) is 0 Å². The summed E-state index contributed by atoms with van der Waals surface area (Å²) >= 11 is 5.93. The summed E-state index contributed by atoms with van der Waals surface area (Å²) in [4.78, 5) is 13.5. The highest BCUT2D eigenvalue weighted by atomic mass is 35.5. The molecule has 1 heterocycles. The first kappa shape index (κ1) is 20.5. The smallest absolute Gasteiger partial charge is 0.219 e. The average molecular weight is 377 g/mol. The number of halogens is 1. The molecule has 0 aromatic heterocycles. The zero-order valence-electron chi connectivity index (χ0n) is 15.9. The molecule has 0 radical (unpaired) electrons. The van der Waals surface area contributed by atoms with Crippen LogP contribution in [-0.2, 0) is 4.79 Å². The van der Waals surface area contributed by atoms with Gasteiger partial charge in [-0.15, -0.1) is 0 Å². The van der Waals surface area contributed by atoms with Gasteiger partial charge in [-0.25, -0.2) is 0 Å². The first-order valence-electron chi connectivity index (χ1n) is 9.24. The highest BCUT2D eigenvalue weighted by Gasteiger charge is 2.18. The first-order chi connectivity index (χ1) is 12.5. The minimum absolute atomic E-state index is 0.173. The van der Waals surface area contributed by atoms with E-state index in [1.807, 2.05) is 49.1 Å². The molecule has 1 amide bonds. The number of allylic oxidation sites excluding steroid dienone is 2. The summed E-state index contributed by atoms with van der Waals surface area (Å²) in [6.45, 7) is 8.08. The third kappa shape index (κ3) is 6.50. The number of carbonyl (C=O) groups is 1.